The van der Waals surface area contributed by atoms with Crippen molar-refractivity contribution in [3.05, 3.63) is 29.6 Å². The summed E-state index contributed by atoms with van der Waals surface area (Å²) in [5.41, 5.74) is 7.40. The number of rotatable bonds is 7. The molecule has 1 heterocycles. The first kappa shape index (κ1) is 12.1. The van der Waals surface area contributed by atoms with Crippen molar-refractivity contribution in [3.8, 4) is 0 Å². The molecule has 1 aromatic rings. The highest BCUT2D eigenvalue weighted by molar-refractivity contribution is 5.10. The minimum atomic E-state index is 0.490. The Morgan fingerprint density at radius 1 is 1.27 bits per heavy atom. The van der Waals surface area contributed by atoms with E-state index in [4.69, 9.17) is 10.5 Å². The number of hydrogen-bond acceptors (Lipinski definition) is 3. The lowest BCUT2D eigenvalue weighted by Gasteiger charge is -2.04. The molecule has 3 nitrogen and oxygen atoms in total. The second-order valence-electron chi connectivity index (χ2n) is 3.58. The molecule has 3 heteroatoms. The molecule has 0 aromatic carbocycles. The van der Waals surface area contributed by atoms with Crippen molar-refractivity contribution in [3.63, 3.8) is 0 Å². The number of nitrogens with zero attached hydrogens (tertiary/aromatic N) is 1. The van der Waals surface area contributed by atoms with Crippen molar-refractivity contribution in [2.75, 3.05) is 6.61 Å². The third kappa shape index (κ3) is 4.91. The standard InChI is InChI=1S/C12H20N2O/c1-2-3-4-8-15-10-12-7-5-6-11(9-13)14-12/h5-7H,2-4,8-10,13H2,1H3. The molecule has 0 fully saturated rings. The van der Waals surface area contributed by atoms with Crippen LogP contribution in [-0.4, -0.2) is 11.6 Å². The number of ether oxygens (including phenoxy) is 1. The van der Waals surface area contributed by atoms with Crippen LogP contribution >= 0.6 is 0 Å². The van der Waals surface area contributed by atoms with Crippen molar-refractivity contribution in [1.29, 1.82) is 0 Å². The topological polar surface area (TPSA) is 48.1 Å². The molecule has 0 spiro atoms. The Morgan fingerprint density at radius 3 is 2.80 bits per heavy atom. The summed E-state index contributed by atoms with van der Waals surface area (Å²) < 4.78 is 5.52. The summed E-state index contributed by atoms with van der Waals surface area (Å²) in [6.07, 6.45) is 3.59. The molecule has 0 unspecified atom stereocenters. The van der Waals surface area contributed by atoms with Crippen LogP contribution in [0.5, 0.6) is 0 Å². The lowest BCUT2D eigenvalue weighted by Crippen LogP contribution is -2.03. The summed E-state index contributed by atoms with van der Waals surface area (Å²) in [7, 11) is 0. The van der Waals surface area contributed by atoms with E-state index in [9.17, 15) is 0 Å². The van der Waals surface area contributed by atoms with E-state index in [1.165, 1.54) is 12.8 Å². The Morgan fingerprint density at radius 2 is 2.07 bits per heavy atom. The monoisotopic (exact) mass is 208 g/mol. The summed E-state index contributed by atoms with van der Waals surface area (Å²) in [5.74, 6) is 0. The maximum absolute atomic E-state index is 5.52. The van der Waals surface area contributed by atoms with Crippen molar-refractivity contribution in [2.45, 2.75) is 39.3 Å². The minimum absolute atomic E-state index is 0.490. The largest absolute Gasteiger partial charge is 0.375 e. The van der Waals surface area contributed by atoms with Crippen LogP contribution in [0.15, 0.2) is 18.2 Å². The molecule has 0 bridgehead atoms. The molecule has 0 saturated carbocycles. The second-order valence-corrected chi connectivity index (χ2v) is 3.58. The predicted octanol–water partition coefficient (Wildman–Crippen LogP) is 2.25. The van der Waals surface area contributed by atoms with Gasteiger partial charge in [0.15, 0.2) is 0 Å². The number of aromatic nitrogens is 1. The van der Waals surface area contributed by atoms with Crippen LogP contribution in [-0.2, 0) is 17.9 Å². The first-order chi connectivity index (χ1) is 7.36. The maximum Gasteiger partial charge on any atom is 0.0887 e. The molecule has 0 aliphatic heterocycles. The third-order valence-corrected chi connectivity index (χ3v) is 2.22. The molecule has 84 valence electrons. The van der Waals surface area contributed by atoms with Gasteiger partial charge >= 0.3 is 0 Å². The molecule has 0 aliphatic rings. The average Bonchev–Trinajstić information content (AvgIpc) is 2.29. The number of pyridine rings is 1. The fourth-order valence-electron chi connectivity index (χ4n) is 1.35. The Labute approximate surface area is 91.7 Å². The van der Waals surface area contributed by atoms with Crippen LogP contribution in [0.1, 0.15) is 37.6 Å². The summed E-state index contributed by atoms with van der Waals surface area (Å²) in [4.78, 5) is 4.36. The van der Waals surface area contributed by atoms with Crippen LogP contribution in [0, 0.1) is 0 Å². The molecular formula is C12H20N2O. The molecule has 15 heavy (non-hydrogen) atoms. The number of unbranched alkanes of at least 4 members (excludes halogenated alkanes) is 2. The van der Waals surface area contributed by atoms with E-state index in [0.29, 0.717) is 13.2 Å². The van der Waals surface area contributed by atoms with Crippen molar-refractivity contribution in [2.24, 2.45) is 5.73 Å². The SMILES string of the molecule is CCCCCOCc1cccc(CN)n1. The van der Waals surface area contributed by atoms with Gasteiger partial charge in [0.2, 0.25) is 0 Å². The van der Waals surface area contributed by atoms with Crippen LogP contribution in [0.2, 0.25) is 0 Å². The van der Waals surface area contributed by atoms with Crippen LogP contribution < -0.4 is 5.73 Å². The van der Waals surface area contributed by atoms with Gasteiger partial charge in [0, 0.05) is 13.2 Å². The van der Waals surface area contributed by atoms with Gasteiger partial charge in [0.05, 0.1) is 18.0 Å². The van der Waals surface area contributed by atoms with E-state index < -0.39 is 0 Å². The predicted molar refractivity (Wildman–Crippen MR) is 61.3 cm³/mol. The summed E-state index contributed by atoms with van der Waals surface area (Å²) in [6, 6.07) is 5.87. The molecule has 1 aromatic heterocycles. The lowest BCUT2D eigenvalue weighted by molar-refractivity contribution is 0.114. The highest BCUT2D eigenvalue weighted by atomic mass is 16.5. The quantitative estimate of drug-likeness (QED) is 0.699. The molecule has 1 rings (SSSR count). The molecule has 0 aliphatic carbocycles. The summed E-state index contributed by atoms with van der Waals surface area (Å²) >= 11 is 0. The van der Waals surface area contributed by atoms with E-state index in [1.54, 1.807) is 0 Å². The Kier molecular flexibility index (Phi) is 5.97. The van der Waals surface area contributed by atoms with Gasteiger partial charge in [-0.15, -0.1) is 0 Å². The molecule has 0 atom stereocenters. The lowest BCUT2D eigenvalue weighted by atomic mass is 10.3. The van der Waals surface area contributed by atoms with E-state index in [1.807, 2.05) is 18.2 Å². The van der Waals surface area contributed by atoms with Gasteiger partial charge in [-0.25, -0.2) is 0 Å². The zero-order valence-corrected chi connectivity index (χ0v) is 9.41. The number of hydrogen-bond donors (Lipinski definition) is 1. The van der Waals surface area contributed by atoms with E-state index in [2.05, 4.69) is 11.9 Å². The van der Waals surface area contributed by atoms with E-state index >= 15 is 0 Å². The van der Waals surface area contributed by atoms with Crippen molar-refractivity contribution < 1.29 is 4.74 Å². The fourth-order valence-corrected chi connectivity index (χ4v) is 1.35. The van der Waals surface area contributed by atoms with E-state index in [-0.39, 0.29) is 0 Å². The van der Waals surface area contributed by atoms with Gasteiger partial charge in [-0.05, 0) is 18.6 Å². The molecule has 0 saturated heterocycles. The van der Waals surface area contributed by atoms with Gasteiger partial charge in [-0.1, -0.05) is 25.8 Å². The average molecular weight is 208 g/mol. The highest BCUT2D eigenvalue weighted by Gasteiger charge is 1.96. The van der Waals surface area contributed by atoms with Crippen LogP contribution in [0.4, 0.5) is 0 Å². The maximum atomic E-state index is 5.52. The molecule has 0 radical (unpaired) electrons. The Balaban J connectivity index is 2.24. The highest BCUT2D eigenvalue weighted by Crippen LogP contribution is 2.02. The van der Waals surface area contributed by atoms with Gasteiger partial charge in [0.25, 0.3) is 0 Å². The summed E-state index contributed by atoms with van der Waals surface area (Å²) in [5, 5.41) is 0. The van der Waals surface area contributed by atoms with Gasteiger partial charge in [-0.3, -0.25) is 4.98 Å². The zero-order valence-electron chi connectivity index (χ0n) is 9.41. The molecule has 2 N–H and O–H groups in total. The minimum Gasteiger partial charge on any atom is -0.375 e. The van der Waals surface area contributed by atoms with Crippen LogP contribution in [0.25, 0.3) is 0 Å². The zero-order chi connectivity index (χ0) is 10.9. The van der Waals surface area contributed by atoms with Gasteiger partial charge in [0.1, 0.15) is 0 Å². The van der Waals surface area contributed by atoms with Crippen LogP contribution in [0.3, 0.4) is 0 Å². The first-order valence-corrected chi connectivity index (χ1v) is 5.59. The van der Waals surface area contributed by atoms with Crippen molar-refractivity contribution >= 4 is 0 Å². The van der Waals surface area contributed by atoms with Gasteiger partial charge < -0.3 is 10.5 Å². The second kappa shape index (κ2) is 7.37. The normalized spacial score (nSPS) is 10.5. The molecular weight excluding hydrogens is 188 g/mol. The van der Waals surface area contributed by atoms with E-state index in [0.717, 1.165) is 24.4 Å². The smallest absolute Gasteiger partial charge is 0.0887 e. The first-order valence-electron chi connectivity index (χ1n) is 5.59. The fraction of sp³-hybridized carbons (Fsp3) is 0.583. The Bertz CT molecular complexity index is 276. The summed E-state index contributed by atoms with van der Waals surface area (Å²) in [6.45, 7) is 4.09. The number of nitrogens with two attached hydrogens (primary N) is 1. The Hall–Kier alpha value is -0.930. The van der Waals surface area contributed by atoms with Gasteiger partial charge in [-0.2, -0.15) is 0 Å². The van der Waals surface area contributed by atoms with Crippen molar-refractivity contribution in [1.82, 2.24) is 4.98 Å². The third-order valence-electron chi connectivity index (χ3n) is 2.22. The molecule has 0 amide bonds.